The van der Waals surface area contributed by atoms with Crippen molar-refractivity contribution in [1.82, 2.24) is 9.80 Å². The van der Waals surface area contributed by atoms with E-state index in [0.717, 1.165) is 4.88 Å². The monoisotopic (exact) mass is 372 g/mol. The van der Waals surface area contributed by atoms with Crippen LogP contribution in [0.5, 0.6) is 0 Å². The Morgan fingerprint density at radius 1 is 1.12 bits per heavy atom. The van der Waals surface area contributed by atoms with E-state index in [1.165, 1.54) is 16.2 Å². The summed E-state index contributed by atoms with van der Waals surface area (Å²) in [6.07, 6.45) is 1.54. The molecule has 0 aromatic carbocycles. The van der Waals surface area contributed by atoms with Gasteiger partial charge in [0.15, 0.2) is 0 Å². The smallest absolute Gasteiger partial charge is 0.278 e. The van der Waals surface area contributed by atoms with Crippen molar-refractivity contribution in [2.24, 2.45) is 0 Å². The molecule has 2 aliphatic heterocycles. The summed E-state index contributed by atoms with van der Waals surface area (Å²) in [6.45, 7) is 5.27. The lowest BCUT2D eigenvalue weighted by molar-refractivity contribution is -0.139. The highest BCUT2D eigenvalue weighted by Crippen LogP contribution is 2.35. The second kappa shape index (κ2) is 6.74. The molecule has 0 spiro atoms. The van der Waals surface area contributed by atoms with Gasteiger partial charge in [-0.15, -0.1) is 11.3 Å². The molecule has 0 aliphatic carbocycles. The van der Waals surface area contributed by atoms with Gasteiger partial charge >= 0.3 is 0 Å². The van der Waals surface area contributed by atoms with Gasteiger partial charge in [-0.25, -0.2) is 0 Å². The number of carbonyl (C=O) groups excluding carboxylic acids is 2. The van der Waals surface area contributed by atoms with Crippen molar-refractivity contribution in [3.8, 4) is 0 Å². The first-order valence-corrected chi connectivity index (χ1v) is 9.49. The van der Waals surface area contributed by atoms with Gasteiger partial charge in [-0.3, -0.25) is 14.5 Å². The summed E-state index contributed by atoms with van der Waals surface area (Å²) in [4.78, 5) is 30.4. The number of imide groups is 1. The Morgan fingerprint density at radius 2 is 1.88 bits per heavy atom. The molecule has 1 saturated heterocycles. The van der Waals surface area contributed by atoms with E-state index in [-0.39, 0.29) is 30.6 Å². The molecule has 2 amide bonds. The SMILES string of the molecule is CC1CN(C2=C(c3cccs3)C(=O)N(Cc3ccco3)C2=O)CC(C)O1. The molecule has 1 fully saturated rings. The van der Waals surface area contributed by atoms with Gasteiger partial charge in [-0.05, 0) is 37.4 Å². The summed E-state index contributed by atoms with van der Waals surface area (Å²) >= 11 is 1.47. The summed E-state index contributed by atoms with van der Waals surface area (Å²) in [5, 5.41) is 1.91. The largest absolute Gasteiger partial charge is 0.467 e. The molecule has 6 nitrogen and oxygen atoms in total. The van der Waals surface area contributed by atoms with E-state index in [2.05, 4.69) is 0 Å². The summed E-state index contributed by atoms with van der Waals surface area (Å²) < 4.78 is 11.1. The maximum Gasteiger partial charge on any atom is 0.278 e. The van der Waals surface area contributed by atoms with Gasteiger partial charge in [0.25, 0.3) is 11.8 Å². The topological polar surface area (TPSA) is 63.0 Å². The number of thiophene rings is 1. The lowest BCUT2D eigenvalue weighted by atomic mass is 10.1. The minimum absolute atomic E-state index is 0.00198. The normalized spacial score (nSPS) is 24.1. The van der Waals surface area contributed by atoms with Crippen LogP contribution in [-0.4, -0.2) is 46.9 Å². The van der Waals surface area contributed by atoms with Crippen molar-refractivity contribution in [2.45, 2.75) is 32.6 Å². The van der Waals surface area contributed by atoms with Gasteiger partial charge in [-0.2, -0.15) is 0 Å². The molecule has 2 atom stereocenters. The van der Waals surface area contributed by atoms with Crippen LogP contribution in [-0.2, 0) is 20.9 Å². The highest BCUT2D eigenvalue weighted by atomic mass is 32.1. The van der Waals surface area contributed by atoms with Crippen LogP contribution < -0.4 is 0 Å². The number of rotatable bonds is 4. The molecule has 0 radical (unpaired) electrons. The van der Waals surface area contributed by atoms with Gasteiger partial charge in [0.2, 0.25) is 0 Å². The molecule has 26 heavy (non-hydrogen) atoms. The lowest BCUT2D eigenvalue weighted by Crippen LogP contribution is -2.46. The Hall–Kier alpha value is -2.38. The fourth-order valence-electron chi connectivity index (χ4n) is 3.56. The Labute approximate surface area is 155 Å². The number of nitrogens with zero attached hydrogens (tertiary/aromatic N) is 2. The Morgan fingerprint density at radius 3 is 2.50 bits per heavy atom. The van der Waals surface area contributed by atoms with Crippen LogP contribution in [0.25, 0.3) is 5.57 Å². The molecule has 2 unspecified atom stereocenters. The van der Waals surface area contributed by atoms with Gasteiger partial charge in [0, 0.05) is 18.0 Å². The summed E-state index contributed by atoms with van der Waals surface area (Å²) in [5.74, 6) is 0.0499. The number of hydrogen-bond acceptors (Lipinski definition) is 6. The molecular formula is C19H20N2O4S. The standard InChI is InChI=1S/C19H20N2O4S/c1-12-9-20(10-13(2)25-12)17-16(15-6-4-8-26-15)18(22)21(19(17)23)11-14-5-3-7-24-14/h3-8,12-13H,9-11H2,1-2H3. The van der Waals surface area contributed by atoms with Crippen LogP contribution in [0.2, 0.25) is 0 Å². The Bertz CT molecular complexity index is 831. The van der Waals surface area contributed by atoms with Crippen molar-refractivity contribution in [1.29, 1.82) is 0 Å². The average Bonchev–Trinajstić information content (AvgIpc) is 3.31. The first-order chi connectivity index (χ1) is 12.5. The Balaban J connectivity index is 1.73. The van der Waals surface area contributed by atoms with Crippen LogP contribution >= 0.6 is 11.3 Å². The Kier molecular flexibility index (Phi) is 4.42. The first-order valence-electron chi connectivity index (χ1n) is 8.61. The summed E-state index contributed by atoms with van der Waals surface area (Å²) in [6, 6.07) is 7.29. The average molecular weight is 372 g/mol. The zero-order chi connectivity index (χ0) is 18.3. The predicted octanol–water partition coefficient (Wildman–Crippen LogP) is 2.73. The van der Waals surface area contributed by atoms with E-state index in [1.54, 1.807) is 18.4 Å². The van der Waals surface area contributed by atoms with E-state index in [9.17, 15) is 9.59 Å². The van der Waals surface area contributed by atoms with E-state index in [1.807, 2.05) is 36.3 Å². The van der Waals surface area contributed by atoms with Crippen LogP contribution in [0.1, 0.15) is 24.5 Å². The number of carbonyl (C=O) groups is 2. The second-order valence-corrected chi connectivity index (χ2v) is 7.59. The highest BCUT2D eigenvalue weighted by Gasteiger charge is 2.43. The van der Waals surface area contributed by atoms with Crippen LogP contribution in [0.15, 0.2) is 46.0 Å². The van der Waals surface area contributed by atoms with Crippen LogP contribution in [0, 0.1) is 0 Å². The molecule has 136 valence electrons. The summed E-state index contributed by atoms with van der Waals surface area (Å²) in [7, 11) is 0. The van der Waals surface area contributed by atoms with Gasteiger partial charge in [0.1, 0.15) is 11.5 Å². The third kappa shape index (κ3) is 2.97. The van der Waals surface area contributed by atoms with Crippen molar-refractivity contribution >= 4 is 28.7 Å². The van der Waals surface area contributed by atoms with Crippen molar-refractivity contribution in [3.63, 3.8) is 0 Å². The van der Waals surface area contributed by atoms with Crippen LogP contribution in [0.3, 0.4) is 0 Å². The molecular weight excluding hydrogens is 352 g/mol. The number of amides is 2. The maximum atomic E-state index is 13.2. The first kappa shape index (κ1) is 17.1. The minimum Gasteiger partial charge on any atom is -0.467 e. The molecule has 2 aromatic rings. The highest BCUT2D eigenvalue weighted by molar-refractivity contribution is 7.11. The maximum absolute atomic E-state index is 13.2. The molecule has 0 saturated carbocycles. The molecule has 0 bridgehead atoms. The molecule has 2 aliphatic rings. The fourth-order valence-corrected chi connectivity index (χ4v) is 4.32. The predicted molar refractivity (Wildman–Crippen MR) is 97.1 cm³/mol. The zero-order valence-electron chi connectivity index (χ0n) is 14.7. The minimum atomic E-state index is -0.268. The van der Waals surface area contributed by atoms with Crippen LogP contribution in [0.4, 0.5) is 0 Å². The van der Waals surface area contributed by atoms with E-state index in [4.69, 9.17) is 9.15 Å². The molecule has 2 aromatic heterocycles. The van der Waals surface area contributed by atoms with Crippen molar-refractivity contribution in [3.05, 3.63) is 52.2 Å². The lowest BCUT2D eigenvalue weighted by Gasteiger charge is -2.37. The fraction of sp³-hybridized carbons (Fsp3) is 0.368. The third-order valence-electron chi connectivity index (χ3n) is 4.54. The third-order valence-corrected chi connectivity index (χ3v) is 5.43. The summed E-state index contributed by atoms with van der Waals surface area (Å²) in [5.41, 5.74) is 0.962. The van der Waals surface area contributed by atoms with Crippen molar-refractivity contribution < 1.29 is 18.7 Å². The van der Waals surface area contributed by atoms with Crippen molar-refractivity contribution in [2.75, 3.05) is 13.1 Å². The molecule has 4 rings (SSSR count). The van der Waals surface area contributed by atoms with Gasteiger partial charge in [-0.1, -0.05) is 6.07 Å². The second-order valence-electron chi connectivity index (χ2n) is 6.64. The van der Waals surface area contributed by atoms with Gasteiger partial charge < -0.3 is 14.1 Å². The molecule has 0 N–H and O–H groups in total. The van der Waals surface area contributed by atoms with E-state index >= 15 is 0 Å². The van der Waals surface area contributed by atoms with E-state index < -0.39 is 0 Å². The molecule has 4 heterocycles. The quantitative estimate of drug-likeness (QED) is 0.772. The van der Waals surface area contributed by atoms with Gasteiger partial charge in [0.05, 0.1) is 30.6 Å². The number of furan rings is 1. The number of hydrogen-bond donors (Lipinski definition) is 0. The number of morpholine rings is 1. The van der Waals surface area contributed by atoms with E-state index in [0.29, 0.717) is 30.1 Å². The molecule has 7 heteroatoms. The number of ether oxygens (including phenoxy) is 1. The zero-order valence-corrected chi connectivity index (χ0v) is 15.5.